The summed E-state index contributed by atoms with van der Waals surface area (Å²) in [6, 6.07) is 4.79. The van der Waals surface area contributed by atoms with Gasteiger partial charge in [-0.1, -0.05) is 12.1 Å². The van der Waals surface area contributed by atoms with Crippen LogP contribution in [0.2, 0.25) is 0 Å². The standard InChI is InChI=1S/C15H19F3N2O.ClH/c1-10(20-14(21)9-13-3-2-8-19-13)11-4-6-12(7-5-11)15(16,17)18;/h4-7,10,13,19H,2-3,8-9H2,1H3,(H,20,21);1H. The van der Waals surface area contributed by atoms with E-state index in [1.54, 1.807) is 6.92 Å². The molecule has 0 aliphatic carbocycles. The molecular formula is C15H20ClF3N2O. The van der Waals surface area contributed by atoms with Crippen LogP contribution in [0.5, 0.6) is 0 Å². The number of benzene rings is 1. The first-order chi connectivity index (χ1) is 9.86. The smallest absolute Gasteiger partial charge is 0.350 e. The van der Waals surface area contributed by atoms with Crippen LogP contribution < -0.4 is 10.6 Å². The number of hydrogen-bond acceptors (Lipinski definition) is 2. The van der Waals surface area contributed by atoms with Gasteiger partial charge in [0.2, 0.25) is 5.91 Å². The molecule has 2 rings (SSSR count). The van der Waals surface area contributed by atoms with Crippen LogP contribution in [0, 0.1) is 0 Å². The minimum atomic E-state index is -4.33. The molecule has 124 valence electrons. The fourth-order valence-electron chi connectivity index (χ4n) is 2.50. The van der Waals surface area contributed by atoms with E-state index < -0.39 is 11.7 Å². The van der Waals surface area contributed by atoms with Crippen LogP contribution in [0.1, 0.15) is 43.4 Å². The van der Waals surface area contributed by atoms with Crippen molar-refractivity contribution < 1.29 is 18.0 Å². The highest BCUT2D eigenvalue weighted by Crippen LogP contribution is 2.29. The molecule has 3 nitrogen and oxygen atoms in total. The number of rotatable bonds is 4. The first-order valence-corrected chi connectivity index (χ1v) is 7.06. The van der Waals surface area contributed by atoms with Gasteiger partial charge in [-0.25, -0.2) is 0 Å². The third-order valence-electron chi connectivity index (χ3n) is 3.71. The molecular weight excluding hydrogens is 317 g/mol. The van der Waals surface area contributed by atoms with E-state index in [4.69, 9.17) is 0 Å². The third-order valence-corrected chi connectivity index (χ3v) is 3.71. The summed E-state index contributed by atoms with van der Waals surface area (Å²) in [6.45, 7) is 2.70. The first-order valence-electron chi connectivity index (χ1n) is 7.06. The van der Waals surface area contributed by atoms with E-state index in [9.17, 15) is 18.0 Å². The average Bonchev–Trinajstić information content (AvgIpc) is 2.90. The fourth-order valence-corrected chi connectivity index (χ4v) is 2.50. The van der Waals surface area contributed by atoms with Crippen molar-refractivity contribution in [3.8, 4) is 0 Å². The molecule has 1 saturated heterocycles. The van der Waals surface area contributed by atoms with Gasteiger partial charge in [-0.15, -0.1) is 12.4 Å². The summed E-state index contributed by atoms with van der Waals surface area (Å²) >= 11 is 0. The highest BCUT2D eigenvalue weighted by Gasteiger charge is 2.30. The zero-order chi connectivity index (χ0) is 15.5. The van der Waals surface area contributed by atoms with E-state index in [0.29, 0.717) is 12.0 Å². The molecule has 0 radical (unpaired) electrons. The Balaban J connectivity index is 0.00000242. The van der Waals surface area contributed by atoms with E-state index in [0.717, 1.165) is 31.5 Å². The molecule has 22 heavy (non-hydrogen) atoms. The Morgan fingerprint density at radius 3 is 2.50 bits per heavy atom. The van der Waals surface area contributed by atoms with E-state index in [2.05, 4.69) is 10.6 Å². The molecule has 0 aromatic heterocycles. The molecule has 2 N–H and O–H groups in total. The van der Waals surface area contributed by atoms with Gasteiger partial charge in [0, 0.05) is 12.5 Å². The number of halogens is 4. The van der Waals surface area contributed by atoms with Gasteiger partial charge in [-0.3, -0.25) is 4.79 Å². The molecule has 1 aromatic rings. The summed E-state index contributed by atoms with van der Waals surface area (Å²) in [6.07, 6.45) is -1.86. The number of hydrogen-bond donors (Lipinski definition) is 2. The molecule has 1 aliphatic rings. The van der Waals surface area contributed by atoms with Crippen LogP contribution in [0.15, 0.2) is 24.3 Å². The lowest BCUT2D eigenvalue weighted by Crippen LogP contribution is -2.33. The molecule has 1 amide bonds. The van der Waals surface area contributed by atoms with Crippen molar-refractivity contribution >= 4 is 18.3 Å². The van der Waals surface area contributed by atoms with Crippen LogP contribution >= 0.6 is 12.4 Å². The number of carbonyl (C=O) groups is 1. The lowest BCUT2D eigenvalue weighted by Gasteiger charge is -2.17. The SMILES string of the molecule is CC(NC(=O)CC1CCCN1)c1ccc(C(F)(F)F)cc1.Cl. The topological polar surface area (TPSA) is 41.1 Å². The monoisotopic (exact) mass is 336 g/mol. The van der Waals surface area contributed by atoms with E-state index in [1.165, 1.54) is 12.1 Å². The van der Waals surface area contributed by atoms with Crippen LogP contribution in [0.4, 0.5) is 13.2 Å². The average molecular weight is 337 g/mol. The van der Waals surface area contributed by atoms with Gasteiger partial charge in [0.25, 0.3) is 0 Å². The molecule has 1 heterocycles. The maximum absolute atomic E-state index is 12.5. The predicted octanol–water partition coefficient (Wildman–Crippen LogP) is 3.45. The summed E-state index contributed by atoms with van der Waals surface area (Å²) in [4.78, 5) is 11.9. The Morgan fingerprint density at radius 1 is 1.36 bits per heavy atom. The molecule has 0 bridgehead atoms. The minimum Gasteiger partial charge on any atom is -0.350 e. The Hall–Kier alpha value is -1.27. The Kier molecular flexibility index (Phi) is 6.68. The van der Waals surface area contributed by atoms with Crippen molar-refractivity contribution in [2.24, 2.45) is 0 Å². The van der Waals surface area contributed by atoms with Crippen LogP contribution in [-0.2, 0) is 11.0 Å². The molecule has 1 aliphatic heterocycles. The number of carbonyl (C=O) groups excluding carboxylic acids is 1. The Morgan fingerprint density at radius 2 is 2.00 bits per heavy atom. The minimum absolute atomic E-state index is 0. The lowest BCUT2D eigenvalue weighted by molar-refractivity contribution is -0.137. The van der Waals surface area contributed by atoms with Crippen molar-refractivity contribution in [1.29, 1.82) is 0 Å². The maximum Gasteiger partial charge on any atom is 0.416 e. The molecule has 0 spiro atoms. The van der Waals surface area contributed by atoms with Gasteiger partial charge >= 0.3 is 6.18 Å². The summed E-state index contributed by atoms with van der Waals surface area (Å²) in [5.74, 6) is -0.0817. The second-order valence-electron chi connectivity index (χ2n) is 5.41. The van der Waals surface area contributed by atoms with E-state index >= 15 is 0 Å². The zero-order valence-electron chi connectivity index (χ0n) is 12.2. The molecule has 1 fully saturated rings. The molecule has 0 saturated carbocycles. The summed E-state index contributed by atoms with van der Waals surface area (Å²) < 4.78 is 37.4. The predicted molar refractivity (Wildman–Crippen MR) is 80.9 cm³/mol. The molecule has 2 unspecified atom stereocenters. The van der Waals surface area contributed by atoms with Crippen molar-refractivity contribution in [2.75, 3.05) is 6.54 Å². The van der Waals surface area contributed by atoms with Gasteiger partial charge in [0.1, 0.15) is 0 Å². The second-order valence-corrected chi connectivity index (χ2v) is 5.41. The zero-order valence-corrected chi connectivity index (χ0v) is 13.1. The number of amides is 1. The van der Waals surface area contributed by atoms with Crippen molar-refractivity contribution in [1.82, 2.24) is 10.6 Å². The lowest BCUT2D eigenvalue weighted by atomic mass is 10.1. The van der Waals surface area contributed by atoms with Crippen LogP contribution in [0.3, 0.4) is 0 Å². The molecule has 1 aromatic carbocycles. The van der Waals surface area contributed by atoms with Crippen molar-refractivity contribution in [2.45, 2.75) is 44.4 Å². The normalized spacial score (nSPS) is 19.4. The Labute approximate surface area is 134 Å². The van der Waals surface area contributed by atoms with Gasteiger partial charge in [0.15, 0.2) is 0 Å². The second kappa shape index (κ2) is 7.83. The number of alkyl halides is 3. The van der Waals surface area contributed by atoms with Crippen molar-refractivity contribution in [3.05, 3.63) is 35.4 Å². The third kappa shape index (κ3) is 5.18. The quantitative estimate of drug-likeness (QED) is 0.884. The van der Waals surface area contributed by atoms with E-state index in [-0.39, 0.29) is 30.4 Å². The van der Waals surface area contributed by atoms with Crippen molar-refractivity contribution in [3.63, 3.8) is 0 Å². The fraction of sp³-hybridized carbons (Fsp3) is 0.533. The molecule has 7 heteroatoms. The van der Waals surface area contributed by atoms with Crippen LogP contribution in [0.25, 0.3) is 0 Å². The Bertz CT molecular complexity index is 485. The van der Waals surface area contributed by atoms with Gasteiger partial charge in [-0.2, -0.15) is 13.2 Å². The largest absolute Gasteiger partial charge is 0.416 e. The molecule has 2 atom stereocenters. The summed E-state index contributed by atoms with van der Waals surface area (Å²) in [5.41, 5.74) is -0.0179. The summed E-state index contributed by atoms with van der Waals surface area (Å²) in [5, 5.41) is 6.06. The van der Waals surface area contributed by atoms with E-state index in [1.807, 2.05) is 0 Å². The summed E-state index contributed by atoms with van der Waals surface area (Å²) in [7, 11) is 0. The maximum atomic E-state index is 12.5. The highest BCUT2D eigenvalue weighted by molar-refractivity contribution is 5.85. The number of nitrogens with one attached hydrogen (secondary N) is 2. The highest BCUT2D eigenvalue weighted by atomic mass is 35.5. The van der Waals surface area contributed by atoms with Gasteiger partial charge in [-0.05, 0) is 44.0 Å². The first kappa shape index (κ1) is 18.8. The van der Waals surface area contributed by atoms with Gasteiger partial charge < -0.3 is 10.6 Å². The van der Waals surface area contributed by atoms with Gasteiger partial charge in [0.05, 0.1) is 11.6 Å². The van der Waals surface area contributed by atoms with Crippen LogP contribution in [-0.4, -0.2) is 18.5 Å².